The van der Waals surface area contributed by atoms with Gasteiger partial charge in [-0.2, -0.15) is 15.0 Å². The summed E-state index contributed by atoms with van der Waals surface area (Å²) in [5, 5.41) is 9.14. The van der Waals surface area contributed by atoms with Crippen molar-refractivity contribution in [1.82, 2.24) is 15.0 Å². The van der Waals surface area contributed by atoms with Gasteiger partial charge in [0.05, 0.1) is 7.11 Å². The quantitative estimate of drug-likeness (QED) is 0.866. The van der Waals surface area contributed by atoms with Crippen molar-refractivity contribution in [3.8, 4) is 6.01 Å². The van der Waals surface area contributed by atoms with Crippen LogP contribution in [0.25, 0.3) is 0 Å². The fraction of sp³-hybridized carbons (Fsp3) is 0.714. The molecule has 0 aromatic carbocycles. The molecule has 1 aliphatic rings. The van der Waals surface area contributed by atoms with Crippen LogP contribution < -0.4 is 14.5 Å². The van der Waals surface area contributed by atoms with Crippen LogP contribution in [-0.4, -0.2) is 59.3 Å². The van der Waals surface area contributed by atoms with Gasteiger partial charge in [-0.1, -0.05) is 12.8 Å². The Morgan fingerprint density at radius 1 is 1.23 bits per heavy atom. The standard InChI is InChI=1S/C14H23N5O3/c1-10(11(20)21)18(2)12-15-13(17-14(16-12)22-3)19-8-6-4-5-7-9-19/h10H,4-9H2,1-3H3,(H,20,21). The largest absolute Gasteiger partial charge is 0.480 e. The van der Waals surface area contributed by atoms with E-state index < -0.39 is 12.0 Å². The van der Waals surface area contributed by atoms with E-state index in [2.05, 4.69) is 19.9 Å². The van der Waals surface area contributed by atoms with Crippen molar-refractivity contribution < 1.29 is 14.6 Å². The highest BCUT2D eigenvalue weighted by Gasteiger charge is 2.22. The molecular formula is C14H23N5O3. The third kappa shape index (κ3) is 3.75. The third-order valence-electron chi connectivity index (χ3n) is 3.92. The average Bonchev–Trinajstić information content (AvgIpc) is 2.82. The summed E-state index contributed by atoms with van der Waals surface area (Å²) in [5.41, 5.74) is 0. The Morgan fingerprint density at radius 3 is 2.41 bits per heavy atom. The molecule has 1 aromatic rings. The lowest BCUT2D eigenvalue weighted by atomic mass is 10.2. The monoisotopic (exact) mass is 309 g/mol. The predicted octanol–water partition coefficient (Wildman–Crippen LogP) is 1.17. The van der Waals surface area contributed by atoms with Gasteiger partial charge in [0.15, 0.2) is 0 Å². The Balaban J connectivity index is 2.30. The number of hydrogen-bond acceptors (Lipinski definition) is 7. The zero-order chi connectivity index (χ0) is 16.1. The van der Waals surface area contributed by atoms with E-state index in [4.69, 9.17) is 9.84 Å². The number of likely N-dealkylation sites (N-methyl/N-ethyl adjacent to an activating group) is 1. The van der Waals surface area contributed by atoms with Crippen molar-refractivity contribution in [3.05, 3.63) is 0 Å². The second-order valence-corrected chi connectivity index (χ2v) is 5.45. The molecule has 8 heteroatoms. The third-order valence-corrected chi connectivity index (χ3v) is 3.92. The molecule has 1 aliphatic heterocycles. The van der Waals surface area contributed by atoms with Gasteiger partial charge in [0.1, 0.15) is 6.04 Å². The fourth-order valence-electron chi connectivity index (χ4n) is 2.34. The average molecular weight is 309 g/mol. The maximum atomic E-state index is 11.1. The Labute approximate surface area is 130 Å². The molecule has 1 unspecified atom stereocenters. The van der Waals surface area contributed by atoms with Crippen LogP contribution in [0.3, 0.4) is 0 Å². The SMILES string of the molecule is COc1nc(N2CCCCCC2)nc(N(C)C(C)C(=O)O)n1. The lowest BCUT2D eigenvalue weighted by molar-refractivity contribution is -0.138. The van der Waals surface area contributed by atoms with E-state index in [-0.39, 0.29) is 6.01 Å². The maximum Gasteiger partial charge on any atom is 0.326 e. The summed E-state index contributed by atoms with van der Waals surface area (Å²) in [4.78, 5) is 27.7. The first-order chi connectivity index (χ1) is 10.5. The molecule has 1 aromatic heterocycles. The minimum absolute atomic E-state index is 0.202. The first-order valence-corrected chi connectivity index (χ1v) is 7.53. The second-order valence-electron chi connectivity index (χ2n) is 5.45. The van der Waals surface area contributed by atoms with Crippen molar-refractivity contribution >= 4 is 17.9 Å². The predicted molar refractivity (Wildman–Crippen MR) is 82.6 cm³/mol. The van der Waals surface area contributed by atoms with Gasteiger partial charge in [0.25, 0.3) is 0 Å². The van der Waals surface area contributed by atoms with Crippen LogP contribution in [0.4, 0.5) is 11.9 Å². The van der Waals surface area contributed by atoms with Crippen molar-refractivity contribution in [1.29, 1.82) is 0 Å². The van der Waals surface area contributed by atoms with E-state index >= 15 is 0 Å². The zero-order valence-corrected chi connectivity index (χ0v) is 13.3. The van der Waals surface area contributed by atoms with Crippen LogP contribution in [0, 0.1) is 0 Å². The number of nitrogens with zero attached hydrogens (tertiary/aromatic N) is 5. The van der Waals surface area contributed by atoms with Crippen LogP contribution in [-0.2, 0) is 4.79 Å². The Bertz CT molecular complexity index is 517. The molecule has 1 saturated heterocycles. The number of rotatable bonds is 5. The van der Waals surface area contributed by atoms with Crippen LogP contribution in [0.2, 0.25) is 0 Å². The fourth-order valence-corrected chi connectivity index (χ4v) is 2.34. The molecule has 8 nitrogen and oxygen atoms in total. The summed E-state index contributed by atoms with van der Waals surface area (Å²) in [6.45, 7) is 3.37. The van der Waals surface area contributed by atoms with Gasteiger partial charge in [-0.25, -0.2) is 4.79 Å². The number of aromatic nitrogens is 3. The topological polar surface area (TPSA) is 91.7 Å². The van der Waals surface area contributed by atoms with Gasteiger partial charge in [-0.3, -0.25) is 0 Å². The molecule has 0 saturated carbocycles. The molecule has 0 aliphatic carbocycles. The van der Waals surface area contributed by atoms with Crippen molar-refractivity contribution in [3.63, 3.8) is 0 Å². The number of ether oxygens (including phenoxy) is 1. The first kappa shape index (κ1) is 16.3. The van der Waals surface area contributed by atoms with Crippen LogP contribution >= 0.6 is 0 Å². The van der Waals surface area contributed by atoms with Crippen molar-refractivity contribution in [2.45, 2.75) is 38.6 Å². The normalized spacial score (nSPS) is 16.8. The molecule has 0 spiro atoms. The van der Waals surface area contributed by atoms with E-state index in [1.54, 1.807) is 14.0 Å². The number of aliphatic carboxylic acids is 1. The van der Waals surface area contributed by atoms with Crippen molar-refractivity contribution in [2.24, 2.45) is 0 Å². The lowest BCUT2D eigenvalue weighted by Crippen LogP contribution is -2.37. The summed E-state index contributed by atoms with van der Waals surface area (Å²) >= 11 is 0. The van der Waals surface area contributed by atoms with Crippen LogP contribution in [0.15, 0.2) is 0 Å². The van der Waals surface area contributed by atoms with Gasteiger partial charge in [0.2, 0.25) is 11.9 Å². The molecular weight excluding hydrogens is 286 g/mol. The summed E-state index contributed by atoms with van der Waals surface area (Å²) in [7, 11) is 3.14. The Hall–Kier alpha value is -2.12. The molecule has 2 heterocycles. The maximum absolute atomic E-state index is 11.1. The number of carboxylic acid groups (broad SMARTS) is 1. The highest BCUT2D eigenvalue weighted by atomic mass is 16.5. The molecule has 22 heavy (non-hydrogen) atoms. The molecule has 0 amide bonds. The Kier molecular flexibility index (Phi) is 5.35. The number of hydrogen-bond donors (Lipinski definition) is 1. The van der Waals surface area contributed by atoms with E-state index in [9.17, 15) is 4.79 Å². The van der Waals surface area contributed by atoms with Gasteiger partial charge < -0.3 is 19.6 Å². The second kappa shape index (κ2) is 7.24. The molecule has 1 N–H and O–H groups in total. The van der Waals surface area contributed by atoms with Gasteiger partial charge in [-0.05, 0) is 19.8 Å². The summed E-state index contributed by atoms with van der Waals surface area (Å²) < 4.78 is 5.14. The first-order valence-electron chi connectivity index (χ1n) is 7.53. The minimum atomic E-state index is -0.932. The van der Waals surface area contributed by atoms with Gasteiger partial charge >= 0.3 is 12.0 Å². The Morgan fingerprint density at radius 2 is 1.86 bits per heavy atom. The van der Waals surface area contributed by atoms with E-state index in [0.717, 1.165) is 25.9 Å². The van der Waals surface area contributed by atoms with E-state index in [1.807, 2.05) is 0 Å². The van der Waals surface area contributed by atoms with Crippen LogP contribution in [0.1, 0.15) is 32.6 Å². The minimum Gasteiger partial charge on any atom is -0.480 e. The summed E-state index contributed by atoms with van der Waals surface area (Å²) in [6, 6.07) is -0.530. The van der Waals surface area contributed by atoms with E-state index in [0.29, 0.717) is 11.9 Å². The van der Waals surface area contributed by atoms with E-state index in [1.165, 1.54) is 24.9 Å². The number of carbonyl (C=O) groups is 1. The highest BCUT2D eigenvalue weighted by molar-refractivity contribution is 5.76. The molecule has 1 atom stereocenters. The number of anilines is 2. The molecule has 2 rings (SSSR count). The van der Waals surface area contributed by atoms with Crippen LogP contribution in [0.5, 0.6) is 6.01 Å². The summed E-state index contributed by atoms with van der Waals surface area (Å²) in [5.74, 6) is -0.0765. The highest BCUT2D eigenvalue weighted by Crippen LogP contribution is 2.21. The molecule has 1 fully saturated rings. The smallest absolute Gasteiger partial charge is 0.326 e. The zero-order valence-electron chi connectivity index (χ0n) is 13.3. The van der Waals surface area contributed by atoms with Gasteiger partial charge in [0, 0.05) is 20.1 Å². The molecule has 122 valence electrons. The number of carboxylic acids is 1. The molecule has 0 bridgehead atoms. The molecule has 0 radical (unpaired) electrons. The van der Waals surface area contributed by atoms with Gasteiger partial charge in [-0.15, -0.1) is 0 Å². The lowest BCUT2D eigenvalue weighted by Gasteiger charge is -2.24. The van der Waals surface area contributed by atoms with Crippen molar-refractivity contribution in [2.75, 3.05) is 37.0 Å². The number of methoxy groups -OCH3 is 1. The summed E-state index contributed by atoms with van der Waals surface area (Å²) in [6.07, 6.45) is 4.62.